The molecule has 7 heterocycles. The summed E-state index contributed by atoms with van der Waals surface area (Å²) < 4.78 is 75.3. The highest BCUT2D eigenvalue weighted by Gasteiger charge is 2.55. The minimum atomic E-state index is -5.18. The number of nitrogens with zero attached hydrogens (tertiary/aromatic N) is 8. The summed E-state index contributed by atoms with van der Waals surface area (Å²) in [6.07, 6.45) is -1.45. The summed E-state index contributed by atoms with van der Waals surface area (Å²) in [6.45, 7) is 0.0604. The molecule has 4 aliphatic rings. The third-order valence-electron chi connectivity index (χ3n) is 9.58. The van der Waals surface area contributed by atoms with Crippen molar-refractivity contribution >= 4 is 49.9 Å². The summed E-state index contributed by atoms with van der Waals surface area (Å²) in [5.74, 6) is 0.0204. The van der Waals surface area contributed by atoms with Gasteiger partial charge in [0, 0.05) is 0 Å². The highest BCUT2D eigenvalue weighted by Crippen LogP contribution is 2.54. The Morgan fingerprint density at radius 1 is 0.836 bits per heavy atom. The van der Waals surface area contributed by atoms with E-state index in [2.05, 4.69) is 29.9 Å². The number of aliphatic hydroxyl groups excluding tert-OH is 1. The Morgan fingerprint density at radius 3 is 2.27 bits per heavy atom. The lowest BCUT2D eigenvalue weighted by Crippen LogP contribution is -2.39. The number of aliphatic hydroxyl groups is 1. The number of anilines is 1. The number of rotatable bonds is 4. The Labute approximate surface area is 310 Å². The third-order valence-corrected chi connectivity index (χ3v) is 11.5. The van der Waals surface area contributed by atoms with Crippen LogP contribution in [-0.2, 0) is 46.2 Å². The Hall–Kier alpha value is -3.99. The normalized spacial score (nSPS) is 36.5. The largest absolute Gasteiger partial charge is 0.509 e. The van der Waals surface area contributed by atoms with E-state index in [1.807, 2.05) is 6.08 Å². The molecule has 296 valence electrons. The van der Waals surface area contributed by atoms with E-state index < -0.39 is 90.2 Å². The van der Waals surface area contributed by atoms with Gasteiger partial charge in [-0.15, -0.1) is 0 Å². The first-order chi connectivity index (χ1) is 26.4. The summed E-state index contributed by atoms with van der Waals surface area (Å²) in [5, 5.41) is 11.3. The first-order valence-electron chi connectivity index (χ1n) is 17.3. The first kappa shape index (κ1) is 37.9. The fourth-order valence-corrected chi connectivity index (χ4v) is 8.81. The molecule has 3 unspecified atom stereocenters. The van der Waals surface area contributed by atoms with Gasteiger partial charge in [-0.05, 0) is 38.7 Å². The lowest BCUT2D eigenvalue weighted by atomic mass is 10.0. The van der Waals surface area contributed by atoms with Gasteiger partial charge >= 0.3 is 21.8 Å². The van der Waals surface area contributed by atoms with Gasteiger partial charge in [0.1, 0.15) is 60.3 Å². The molecule has 3 fully saturated rings. The van der Waals surface area contributed by atoms with Gasteiger partial charge in [-0.3, -0.25) is 27.2 Å². The van der Waals surface area contributed by atoms with Gasteiger partial charge in [0.15, 0.2) is 35.7 Å². The first-order valence-corrected chi connectivity index (χ1v) is 20.3. The fraction of sp³-hybridized carbons (Fsp3) is 0.567. The van der Waals surface area contributed by atoms with Crippen molar-refractivity contribution in [2.45, 2.75) is 94.2 Å². The number of nitrogens with two attached hydrogens (primary N) is 1. The number of carbonyl (C=O) groups excluding carboxylic acids is 1. The van der Waals surface area contributed by atoms with Crippen LogP contribution in [0.2, 0.25) is 0 Å². The molecule has 23 nitrogen and oxygen atoms in total. The quantitative estimate of drug-likeness (QED) is 0.130. The maximum Gasteiger partial charge on any atom is 0.509 e. The SMILES string of the molecule is Cc1ncnc2c1ncn2[C@@H]1O[C@@H]2COP(=O)(O)O[C@H]3[C@@H](OC(=O)OC4/C=C/CCCCC4)[C@H](n4cnc5c(N)ncnc54)O[C@@H]3COP(=O)(O)O[C@@H]1[C@@H]2O. The third kappa shape index (κ3) is 7.74. The number of hydrogen-bond donors (Lipinski definition) is 4. The summed E-state index contributed by atoms with van der Waals surface area (Å²) in [5.41, 5.74) is 7.43. The monoisotopic (exact) mass is 809 g/mol. The second-order valence-electron chi connectivity index (χ2n) is 13.2. The number of phosphoric acid groups is 2. The van der Waals surface area contributed by atoms with Gasteiger partial charge in [0.2, 0.25) is 0 Å². The topological polar surface area (TPSA) is 299 Å². The molecule has 4 aromatic heterocycles. The predicted octanol–water partition coefficient (Wildman–Crippen LogP) is 2.14. The van der Waals surface area contributed by atoms with Crippen LogP contribution in [0.25, 0.3) is 22.3 Å². The average molecular weight is 810 g/mol. The second-order valence-corrected chi connectivity index (χ2v) is 16.0. The predicted molar refractivity (Wildman–Crippen MR) is 182 cm³/mol. The Balaban J connectivity index is 1.11. The fourth-order valence-electron chi connectivity index (χ4n) is 6.92. The minimum absolute atomic E-state index is 0.0204. The van der Waals surface area contributed by atoms with E-state index in [1.54, 1.807) is 13.0 Å². The van der Waals surface area contributed by atoms with Crippen LogP contribution in [0.3, 0.4) is 0 Å². The van der Waals surface area contributed by atoms with Crippen molar-refractivity contribution < 1.29 is 65.9 Å². The van der Waals surface area contributed by atoms with E-state index in [0.717, 1.165) is 32.0 Å². The summed E-state index contributed by atoms with van der Waals surface area (Å²) in [4.78, 5) is 60.5. The van der Waals surface area contributed by atoms with Gasteiger partial charge in [-0.1, -0.05) is 12.5 Å². The number of nitrogen functional groups attached to an aromatic ring is 1. The van der Waals surface area contributed by atoms with Crippen LogP contribution in [-0.4, -0.2) is 116 Å². The van der Waals surface area contributed by atoms with Crippen LogP contribution < -0.4 is 5.73 Å². The number of phosphoric ester groups is 2. The van der Waals surface area contributed by atoms with Gasteiger partial charge in [-0.25, -0.2) is 43.8 Å². The molecule has 0 amide bonds. The Kier molecular flexibility index (Phi) is 10.5. The molecule has 3 saturated heterocycles. The van der Waals surface area contributed by atoms with Crippen molar-refractivity contribution in [1.82, 2.24) is 39.0 Å². The number of hydrogen-bond acceptors (Lipinski definition) is 19. The Morgan fingerprint density at radius 2 is 1.49 bits per heavy atom. The van der Waals surface area contributed by atoms with E-state index in [1.165, 1.54) is 28.1 Å². The van der Waals surface area contributed by atoms with Crippen molar-refractivity contribution in [3.05, 3.63) is 43.2 Å². The zero-order chi connectivity index (χ0) is 38.5. The molecule has 0 aromatic carbocycles. The molecule has 0 saturated carbocycles. The molecule has 0 spiro atoms. The molecular weight excluding hydrogens is 772 g/mol. The molecular formula is C30H37N9O14P2. The van der Waals surface area contributed by atoms with Crippen molar-refractivity contribution in [3.8, 4) is 0 Å². The Bertz CT molecular complexity index is 2190. The van der Waals surface area contributed by atoms with E-state index >= 15 is 0 Å². The van der Waals surface area contributed by atoms with Crippen LogP contribution >= 0.6 is 15.6 Å². The van der Waals surface area contributed by atoms with Crippen molar-refractivity contribution in [2.75, 3.05) is 18.9 Å². The van der Waals surface area contributed by atoms with Crippen molar-refractivity contribution in [2.24, 2.45) is 0 Å². The average Bonchev–Trinajstić information content (AvgIpc) is 3.89. The molecule has 25 heteroatoms. The number of aromatic nitrogens is 8. The number of allylic oxidation sites excluding steroid dienone is 1. The van der Waals surface area contributed by atoms with E-state index in [9.17, 15) is 28.8 Å². The van der Waals surface area contributed by atoms with Crippen LogP contribution in [0, 0.1) is 6.92 Å². The standard InChI is InChI=1S/C30H37N9O14P2/c1-15-19-26(34-11-32-15)38(13-36-19)28-23-21(40)17(49-28)9-46-54(42,43)52-22-18(10-47-55(44,45)53-23)50-29(39-14-37-20-25(31)33-12-35-27(20)39)24(22)51-30(41)48-16-7-5-3-2-4-6-8-16/h5,7,11-14,16-18,21-24,28-29,40H,2-4,6,8-10H2,1H3,(H,42,43)(H,44,45)(H2,31,33,35)/b7-5+/t16?,17-,18-,21-,22-,23-,24-,28-,29-/m1/s1. The van der Waals surface area contributed by atoms with Gasteiger partial charge in [-0.2, -0.15) is 0 Å². The van der Waals surface area contributed by atoms with Crippen LogP contribution in [0.1, 0.15) is 50.3 Å². The summed E-state index contributed by atoms with van der Waals surface area (Å²) >= 11 is 0. The molecule has 55 heavy (non-hydrogen) atoms. The van der Waals surface area contributed by atoms with E-state index in [0.29, 0.717) is 17.6 Å². The molecule has 2 bridgehead atoms. The lowest BCUT2D eigenvalue weighted by Gasteiger charge is -2.27. The number of aryl methyl sites for hydroxylation is 1. The van der Waals surface area contributed by atoms with Gasteiger partial charge < -0.3 is 39.6 Å². The number of carbonyl (C=O) groups is 1. The number of fused-ring (bicyclic) bond motifs is 5. The summed E-state index contributed by atoms with van der Waals surface area (Å²) in [6, 6.07) is 0. The second kappa shape index (κ2) is 15.2. The molecule has 4 aromatic rings. The van der Waals surface area contributed by atoms with Crippen molar-refractivity contribution in [1.29, 1.82) is 0 Å². The van der Waals surface area contributed by atoms with Crippen LogP contribution in [0.4, 0.5) is 10.6 Å². The lowest BCUT2D eigenvalue weighted by molar-refractivity contribution is -0.0689. The molecule has 0 radical (unpaired) electrons. The molecule has 8 rings (SSSR count). The molecule has 11 atom stereocenters. The minimum Gasteiger partial charge on any atom is -0.427 e. The zero-order valence-electron chi connectivity index (χ0n) is 29.0. The van der Waals surface area contributed by atoms with Gasteiger partial charge in [0.25, 0.3) is 0 Å². The maximum absolute atomic E-state index is 13.7. The molecule has 5 N–H and O–H groups in total. The molecule has 3 aliphatic heterocycles. The number of ether oxygens (including phenoxy) is 4. The zero-order valence-corrected chi connectivity index (χ0v) is 30.8. The van der Waals surface area contributed by atoms with E-state index in [4.69, 9.17) is 42.8 Å². The maximum atomic E-state index is 13.7. The highest BCUT2D eigenvalue weighted by molar-refractivity contribution is 7.47. The van der Waals surface area contributed by atoms with E-state index in [-0.39, 0.29) is 22.6 Å². The smallest absolute Gasteiger partial charge is 0.427 e. The van der Waals surface area contributed by atoms with Crippen LogP contribution in [0.15, 0.2) is 37.5 Å². The molecule has 1 aliphatic carbocycles. The van der Waals surface area contributed by atoms with Crippen molar-refractivity contribution in [3.63, 3.8) is 0 Å². The van der Waals surface area contributed by atoms with Crippen LogP contribution in [0.5, 0.6) is 0 Å². The van der Waals surface area contributed by atoms with Gasteiger partial charge in [0.05, 0.1) is 31.6 Å². The highest BCUT2D eigenvalue weighted by atomic mass is 31.2. The number of imidazole rings is 2. The summed E-state index contributed by atoms with van der Waals surface area (Å²) in [7, 11) is -10.3.